The Bertz CT molecular complexity index is 606. The van der Waals surface area contributed by atoms with Gasteiger partial charge in [0.2, 0.25) is 0 Å². The number of thiocarbonyl (C=S) groups is 2. The van der Waals surface area contributed by atoms with Crippen molar-refractivity contribution in [2.45, 2.75) is 52.2 Å². The average molecular weight is 367 g/mol. The summed E-state index contributed by atoms with van der Waals surface area (Å²) in [6, 6.07) is 9.08. The molecule has 4 N–H and O–H groups in total. The predicted octanol–water partition coefficient (Wildman–Crippen LogP) is 3.57. The van der Waals surface area contributed by atoms with Gasteiger partial charge in [-0.15, -0.1) is 0 Å². The van der Waals surface area contributed by atoms with E-state index in [0.717, 1.165) is 19.3 Å². The molecule has 4 nitrogen and oxygen atoms in total. The topological polar surface area (TPSA) is 70.5 Å². The molecule has 0 aliphatic heterocycles. The van der Waals surface area contributed by atoms with Crippen molar-refractivity contribution in [2.75, 3.05) is 0 Å². The quantitative estimate of drug-likeness (QED) is 0.794. The minimum absolute atomic E-state index is 0.0539. The van der Waals surface area contributed by atoms with Gasteiger partial charge in [0.25, 0.3) is 5.17 Å². The zero-order chi connectivity index (χ0) is 18.0. The third-order valence-corrected chi connectivity index (χ3v) is 5.04. The molecule has 0 amide bonds. The van der Waals surface area contributed by atoms with Crippen molar-refractivity contribution in [1.29, 1.82) is 0 Å². The van der Waals surface area contributed by atoms with E-state index in [1.54, 1.807) is 0 Å². The molecule has 1 aliphatic carbocycles. The molecule has 1 aromatic rings. The molecule has 1 fully saturated rings. The van der Waals surface area contributed by atoms with E-state index in [1.165, 1.54) is 0 Å². The Labute approximate surface area is 154 Å². The molecule has 1 aromatic carbocycles. The first-order chi connectivity index (χ1) is 11.1. The van der Waals surface area contributed by atoms with Gasteiger partial charge in [0.15, 0.2) is 5.05 Å². The van der Waals surface area contributed by atoms with Crippen LogP contribution in [0, 0.1) is 10.8 Å². The number of ether oxygens (including phenoxy) is 2. The summed E-state index contributed by atoms with van der Waals surface area (Å²) in [5.74, 6) is 0.701. The molecule has 0 aromatic heterocycles. The van der Waals surface area contributed by atoms with Gasteiger partial charge >= 0.3 is 0 Å². The number of benzene rings is 1. The maximum atomic E-state index is 6.50. The van der Waals surface area contributed by atoms with Crippen LogP contribution in [0.3, 0.4) is 0 Å². The van der Waals surface area contributed by atoms with Crippen LogP contribution in [0.1, 0.15) is 40.0 Å². The summed E-state index contributed by atoms with van der Waals surface area (Å²) in [7, 11) is 0. The van der Waals surface area contributed by atoms with Crippen LogP contribution in [-0.4, -0.2) is 22.4 Å². The molecule has 24 heavy (non-hydrogen) atoms. The SMILES string of the molecule is CC1(C)CC(OC(N)=S)CC(C)(C(N)C(=S)Oc2ccccc2)C1. The van der Waals surface area contributed by atoms with E-state index in [4.69, 9.17) is 45.4 Å². The van der Waals surface area contributed by atoms with Gasteiger partial charge in [-0.25, -0.2) is 0 Å². The number of rotatable bonds is 4. The molecular weight excluding hydrogens is 340 g/mol. The van der Waals surface area contributed by atoms with Crippen LogP contribution >= 0.6 is 24.4 Å². The number of hydrogen-bond donors (Lipinski definition) is 2. The minimum Gasteiger partial charge on any atom is -0.468 e. The standard InChI is InChI=1S/C18H26N2O2S2/c1-17(2)9-13(22-16(20)24)10-18(3,11-17)14(19)15(23)21-12-7-5-4-6-8-12/h4-8,13-14H,9-11,19H2,1-3H3,(H2,20,24). The van der Waals surface area contributed by atoms with Crippen molar-refractivity contribution in [3.8, 4) is 5.75 Å². The highest BCUT2D eigenvalue weighted by Crippen LogP contribution is 2.48. The molecule has 3 atom stereocenters. The Morgan fingerprint density at radius 3 is 2.38 bits per heavy atom. The fraction of sp³-hybridized carbons (Fsp3) is 0.556. The second kappa shape index (κ2) is 7.33. The lowest BCUT2D eigenvalue weighted by atomic mass is 9.60. The summed E-state index contributed by atoms with van der Waals surface area (Å²) < 4.78 is 11.4. The molecular formula is C18H26N2O2S2. The first-order valence-electron chi connectivity index (χ1n) is 8.10. The largest absolute Gasteiger partial charge is 0.468 e. The summed E-state index contributed by atoms with van der Waals surface area (Å²) in [4.78, 5) is 0. The maximum Gasteiger partial charge on any atom is 0.254 e. The second-order valence-corrected chi connectivity index (χ2v) is 8.48. The van der Waals surface area contributed by atoms with Crippen LogP contribution in [0.25, 0.3) is 0 Å². The zero-order valence-corrected chi connectivity index (χ0v) is 16.1. The Hall–Kier alpha value is -1.24. The summed E-state index contributed by atoms with van der Waals surface area (Å²) in [6.45, 7) is 6.54. The third-order valence-electron chi connectivity index (χ3n) is 4.61. The molecule has 0 spiro atoms. The Balaban J connectivity index is 2.13. The fourth-order valence-electron chi connectivity index (χ4n) is 3.88. The maximum absolute atomic E-state index is 6.50. The van der Waals surface area contributed by atoms with Crippen LogP contribution in [0.2, 0.25) is 0 Å². The van der Waals surface area contributed by atoms with Gasteiger partial charge in [-0.1, -0.05) is 39.0 Å². The van der Waals surface area contributed by atoms with E-state index in [9.17, 15) is 0 Å². The van der Waals surface area contributed by atoms with Crippen LogP contribution in [-0.2, 0) is 4.74 Å². The fourth-order valence-corrected chi connectivity index (χ4v) is 4.40. The predicted molar refractivity (Wildman–Crippen MR) is 105 cm³/mol. The van der Waals surface area contributed by atoms with Crippen molar-refractivity contribution in [3.63, 3.8) is 0 Å². The van der Waals surface area contributed by atoms with Crippen molar-refractivity contribution >= 4 is 34.7 Å². The van der Waals surface area contributed by atoms with E-state index in [-0.39, 0.29) is 28.2 Å². The lowest BCUT2D eigenvalue weighted by Gasteiger charge is -2.48. The number of nitrogens with two attached hydrogens (primary N) is 2. The van der Waals surface area contributed by atoms with Crippen LogP contribution in [0.15, 0.2) is 30.3 Å². The van der Waals surface area contributed by atoms with Gasteiger partial charge in [0, 0.05) is 0 Å². The van der Waals surface area contributed by atoms with E-state index in [0.29, 0.717) is 10.8 Å². The molecule has 6 heteroatoms. The Morgan fingerprint density at radius 1 is 1.17 bits per heavy atom. The van der Waals surface area contributed by atoms with Crippen molar-refractivity contribution in [3.05, 3.63) is 30.3 Å². The molecule has 0 saturated heterocycles. The summed E-state index contributed by atoms with van der Waals surface area (Å²) in [5.41, 5.74) is 11.9. The number of hydrogen-bond acceptors (Lipinski definition) is 5. The third kappa shape index (κ3) is 4.88. The molecule has 0 bridgehead atoms. The van der Waals surface area contributed by atoms with Gasteiger partial charge in [-0.3, -0.25) is 0 Å². The molecule has 3 unspecified atom stereocenters. The van der Waals surface area contributed by atoms with Crippen molar-refractivity contribution in [1.82, 2.24) is 0 Å². The number of para-hydroxylation sites is 1. The first kappa shape index (κ1) is 19.1. The van der Waals surface area contributed by atoms with Gasteiger partial charge in [0.1, 0.15) is 11.9 Å². The molecule has 0 radical (unpaired) electrons. The van der Waals surface area contributed by atoms with E-state index in [1.807, 2.05) is 30.3 Å². The van der Waals surface area contributed by atoms with E-state index >= 15 is 0 Å². The van der Waals surface area contributed by atoms with Gasteiger partial charge in [0.05, 0.1) is 6.04 Å². The van der Waals surface area contributed by atoms with Gasteiger partial charge < -0.3 is 20.9 Å². The summed E-state index contributed by atoms with van der Waals surface area (Å²) >= 11 is 10.4. The molecule has 132 valence electrons. The summed E-state index contributed by atoms with van der Waals surface area (Å²) in [5, 5.41) is 0.479. The smallest absolute Gasteiger partial charge is 0.254 e. The second-order valence-electron chi connectivity index (χ2n) is 7.67. The van der Waals surface area contributed by atoms with E-state index in [2.05, 4.69) is 20.8 Å². The van der Waals surface area contributed by atoms with Gasteiger partial charge in [-0.05, 0) is 66.7 Å². The molecule has 1 aliphatic rings. The normalized spacial score (nSPS) is 27.1. The minimum atomic E-state index is -0.385. The first-order valence-corrected chi connectivity index (χ1v) is 8.91. The average Bonchev–Trinajstić information content (AvgIpc) is 2.44. The molecule has 0 heterocycles. The summed E-state index contributed by atoms with van der Waals surface area (Å²) in [6.07, 6.45) is 2.50. The van der Waals surface area contributed by atoms with Crippen molar-refractivity contribution in [2.24, 2.45) is 22.3 Å². The lowest BCUT2D eigenvalue weighted by molar-refractivity contribution is -0.00549. The highest BCUT2D eigenvalue weighted by molar-refractivity contribution is 7.80. The van der Waals surface area contributed by atoms with E-state index < -0.39 is 0 Å². The highest BCUT2D eigenvalue weighted by Gasteiger charge is 2.47. The van der Waals surface area contributed by atoms with Crippen molar-refractivity contribution < 1.29 is 9.47 Å². The monoisotopic (exact) mass is 366 g/mol. The molecule has 1 saturated carbocycles. The van der Waals surface area contributed by atoms with Gasteiger partial charge in [-0.2, -0.15) is 0 Å². The Morgan fingerprint density at radius 2 is 1.79 bits per heavy atom. The zero-order valence-electron chi connectivity index (χ0n) is 14.5. The van der Waals surface area contributed by atoms with Crippen LogP contribution in [0.4, 0.5) is 0 Å². The van der Waals surface area contributed by atoms with Crippen LogP contribution < -0.4 is 16.2 Å². The Kier molecular flexibility index (Phi) is 5.83. The lowest BCUT2D eigenvalue weighted by Crippen LogP contribution is -2.53. The van der Waals surface area contributed by atoms with Crippen LogP contribution in [0.5, 0.6) is 5.75 Å². The molecule has 2 rings (SSSR count). The highest BCUT2D eigenvalue weighted by atomic mass is 32.1.